The van der Waals surface area contributed by atoms with Gasteiger partial charge in [0.25, 0.3) is 0 Å². The lowest BCUT2D eigenvalue weighted by Crippen LogP contribution is -2.29. The molecule has 1 atom stereocenters. The van der Waals surface area contributed by atoms with Gasteiger partial charge in [-0.25, -0.2) is 0 Å². The van der Waals surface area contributed by atoms with Crippen molar-refractivity contribution in [2.24, 2.45) is 5.73 Å². The Morgan fingerprint density at radius 1 is 1.33 bits per heavy atom. The van der Waals surface area contributed by atoms with Gasteiger partial charge in [0.05, 0.1) is 12.5 Å². The van der Waals surface area contributed by atoms with E-state index in [-0.39, 0.29) is 18.4 Å². The molecule has 0 saturated heterocycles. The zero-order chi connectivity index (χ0) is 13.5. The van der Waals surface area contributed by atoms with Gasteiger partial charge in [-0.1, -0.05) is 6.07 Å². The molecule has 100 valence electrons. The van der Waals surface area contributed by atoms with Crippen LogP contribution in [-0.4, -0.2) is 25.2 Å². The van der Waals surface area contributed by atoms with Crippen molar-refractivity contribution < 1.29 is 9.53 Å². The van der Waals surface area contributed by atoms with Crippen LogP contribution in [0.5, 0.6) is 0 Å². The number of carbonyl (C=O) groups is 1. The minimum atomic E-state index is -0.207. The van der Waals surface area contributed by atoms with Crippen LogP contribution < -0.4 is 11.1 Å². The van der Waals surface area contributed by atoms with Crippen LogP contribution in [0.4, 0.5) is 5.69 Å². The molecule has 4 nitrogen and oxygen atoms in total. The minimum Gasteiger partial charge on any atom is -0.377 e. The monoisotopic (exact) mass is 250 g/mol. The lowest BCUT2D eigenvalue weighted by atomic mass is 10.1. The number of amides is 1. The molecule has 0 heterocycles. The van der Waals surface area contributed by atoms with Crippen molar-refractivity contribution in [2.45, 2.75) is 33.3 Å². The average molecular weight is 250 g/mol. The quantitative estimate of drug-likeness (QED) is 0.811. The Hall–Kier alpha value is -1.39. The summed E-state index contributed by atoms with van der Waals surface area (Å²) in [4.78, 5) is 11.8. The second kappa shape index (κ2) is 7.13. The summed E-state index contributed by atoms with van der Waals surface area (Å²) in [7, 11) is 0. The van der Waals surface area contributed by atoms with Gasteiger partial charge in [-0.2, -0.15) is 0 Å². The average Bonchev–Trinajstić information content (AvgIpc) is 2.26. The van der Waals surface area contributed by atoms with E-state index < -0.39 is 0 Å². The highest BCUT2D eigenvalue weighted by Gasteiger charge is 2.12. The molecular formula is C14H22N2O2. The molecule has 3 N–H and O–H groups in total. The van der Waals surface area contributed by atoms with Gasteiger partial charge < -0.3 is 15.8 Å². The summed E-state index contributed by atoms with van der Waals surface area (Å²) >= 11 is 0. The number of hydrogen-bond acceptors (Lipinski definition) is 3. The second-order valence-electron chi connectivity index (χ2n) is 4.44. The number of nitrogens with one attached hydrogen (secondary N) is 1. The number of benzene rings is 1. The molecule has 4 heteroatoms. The van der Waals surface area contributed by atoms with Crippen molar-refractivity contribution in [2.75, 3.05) is 18.5 Å². The Balaban J connectivity index is 2.58. The van der Waals surface area contributed by atoms with Crippen molar-refractivity contribution in [3.05, 3.63) is 29.3 Å². The van der Waals surface area contributed by atoms with Gasteiger partial charge in [0.2, 0.25) is 5.91 Å². The molecule has 1 aromatic carbocycles. The van der Waals surface area contributed by atoms with Gasteiger partial charge in [0, 0.05) is 18.8 Å². The molecule has 18 heavy (non-hydrogen) atoms. The highest BCUT2D eigenvalue weighted by Crippen LogP contribution is 2.14. The van der Waals surface area contributed by atoms with Crippen LogP contribution in [0.15, 0.2) is 18.2 Å². The number of carbonyl (C=O) groups excluding carboxylic acids is 1. The molecule has 0 aromatic heterocycles. The number of anilines is 1. The first-order valence-corrected chi connectivity index (χ1v) is 6.25. The van der Waals surface area contributed by atoms with E-state index in [9.17, 15) is 4.79 Å². The van der Waals surface area contributed by atoms with E-state index >= 15 is 0 Å². The fourth-order valence-corrected chi connectivity index (χ4v) is 1.91. The molecular weight excluding hydrogens is 228 g/mol. The SMILES string of the molecule is CCOC(CN)CC(=O)Nc1cc(C)cc(C)c1. The van der Waals surface area contributed by atoms with Crippen molar-refractivity contribution in [1.82, 2.24) is 0 Å². The summed E-state index contributed by atoms with van der Waals surface area (Å²) in [6.07, 6.45) is 0.0815. The summed E-state index contributed by atoms with van der Waals surface area (Å²) in [5.74, 6) is -0.0658. The topological polar surface area (TPSA) is 64.3 Å². The summed E-state index contributed by atoms with van der Waals surface area (Å²) in [5.41, 5.74) is 8.63. The van der Waals surface area contributed by atoms with Crippen LogP contribution in [0.1, 0.15) is 24.5 Å². The molecule has 0 bridgehead atoms. The molecule has 0 saturated carbocycles. The highest BCUT2D eigenvalue weighted by molar-refractivity contribution is 5.91. The van der Waals surface area contributed by atoms with Gasteiger partial charge in [-0.05, 0) is 44.0 Å². The number of hydrogen-bond donors (Lipinski definition) is 2. The van der Waals surface area contributed by atoms with Crippen LogP contribution in [-0.2, 0) is 9.53 Å². The molecule has 0 aliphatic heterocycles. The number of ether oxygens (including phenoxy) is 1. The highest BCUT2D eigenvalue weighted by atomic mass is 16.5. The van der Waals surface area contributed by atoms with E-state index in [1.807, 2.05) is 32.9 Å². The molecule has 1 rings (SSSR count). The summed E-state index contributed by atoms with van der Waals surface area (Å²) < 4.78 is 5.36. The van der Waals surface area contributed by atoms with E-state index in [1.165, 1.54) is 0 Å². The van der Waals surface area contributed by atoms with E-state index in [0.29, 0.717) is 13.2 Å². The second-order valence-corrected chi connectivity index (χ2v) is 4.44. The van der Waals surface area contributed by atoms with Gasteiger partial charge >= 0.3 is 0 Å². The Kier molecular flexibility index (Phi) is 5.82. The number of rotatable bonds is 6. The van der Waals surface area contributed by atoms with Gasteiger partial charge in [0.1, 0.15) is 0 Å². The van der Waals surface area contributed by atoms with Crippen molar-refractivity contribution in [3.8, 4) is 0 Å². The molecule has 0 aliphatic rings. The number of nitrogens with two attached hydrogens (primary N) is 1. The number of aryl methyl sites for hydroxylation is 2. The van der Waals surface area contributed by atoms with Crippen molar-refractivity contribution in [3.63, 3.8) is 0 Å². The first-order valence-electron chi connectivity index (χ1n) is 6.25. The van der Waals surface area contributed by atoms with Gasteiger partial charge in [-0.3, -0.25) is 4.79 Å². The van der Waals surface area contributed by atoms with Gasteiger partial charge in [0.15, 0.2) is 0 Å². The van der Waals surface area contributed by atoms with Crippen molar-refractivity contribution in [1.29, 1.82) is 0 Å². The smallest absolute Gasteiger partial charge is 0.227 e. The third-order valence-electron chi connectivity index (χ3n) is 2.58. The predicted molar refractivity (Wildman–Crippen MR) is 73.6 cm³/mol. The zero-order valence-corrected chi connectivity index (χ0v) is 11.3. The Bertz CT molecular complexity index is 385. The van der Waals surface area contributed by atoms with Crippen LogP contribution >= 0.6 is 0 Å². The van der Waals surface area contributed by atoms with E-state index in [2.05, 4.69) is 11.4 Å². The third kappa shape index (κ3) is 4.85. The van der Waals surface area contributed by atoms with Crippen LogP contribution in [0.2, 0.25) is 0 Å². The Morgan fingerprint density at radius 2 is 1.94 bits per heavy atom. The molecule has 0 radical (unpaired) electrons. The van der Waals surface area contributed by atoms with Crippen LogP contribution in [0, 0.1) is 13.8 Å². The minimum absolute atomic E-state index is 0.0658. The first kappa shape index (κ1) is 14.7. The standard InChI is InChI=1S/C14H22N2O2/c1-4-18-13(9-15)8-14(17)16-12-6-10(2)5-11(3)7-12/h5-7,13H,4,8-9,15H2,1-3H3,(H,16,17). The molecule has 1 aromatic rings. The van der Waals surface area contributed by atoms with E-state index in [0.717, 1.165) is 16.8 Å². The van der Waals surface area contributed by atoms with E-state index in [4.69, 9.17) is 10.5 Å². The fourth-order valence-electron chi connectivity index (χ4n) is 1.91. The molecule has 1 amide bonds. The maximum Gasteiger partial charge on any atom is 0.227 e. The lowest BCUT2D eigenvalue weighted by molar-refractivity contribution is -0.118. The largest absolute Gasteiger partial charge is 0.377 e. The first-order chi connectivity index (χ1) is 8.55. The normalized spacial score (nSPS) is 12.2. The third-order valence-corrected chi connectivity index (χ3v) is 2.58. The summed E-state index contributed by atoms with van der Waals surface area (Å²) in [6.45, 7) is 6.83. The molecule has 1 unspecified atom stereocenters. The summed E-state index contributed by atoms with van der Waals surface area (Å²) in [5, 5.41) is 2.87. The van der Waals surface area contributed by atoms with Crippen LogP contribution in [0.3, 0.4) is 0 Å². The lowest BCUT2D eigenvalue weighted by Gasteiger charge is -2.14. The predicted octanol–water partition coefficient (Wildman–Crippen LogP) is 2.00. The Morgan fingerprint density at radius 3 is 2.44 bits per heavy atom. The maximum absolute atomic E-state index is 11.8. The van der Waals surface area contributed by atoms with Crippen molar-refractivity contribution >= 4 is 11.6 Å². The van der Waals surface area contributed by atoms with E-state index in [1.54, 1.807) is 0 Å². The zero-order valence-electron chi connectivity index (χ0n) is 11.3. The molecule has 0 aliphatic carbocycles. The summed E-state index contributed by atoms with van der Waals surface area (Å²) in [6, 6.07) is 5.96. The molecule has 0 spiro atoms. The molecule has 0 fully saturated rings. The Labute approximate surface area is 109 Å². The van der Waals surface area contributed by atoms with Crippen LogP contribution in [0.25, 0.3) is 0 Å². The van der Waals surface area contributed by atoms with Gasteiger partial charge in [-0.15, -0.1) is 0 Å². The fraction of sp³-hybridized carbons (Fsp3) is 0.500. The maximum atomic E-state index is 11.8.